The average Bonchev–Trinajstić information content (AvgIpc) is 2.85. The summed E-state index contributed by atoms with van der Waals surface area (Å²) >= 11 is 5.45. The molecule has 2 rings (SSSR count). The summed E-state index contributed by atoms with van der Waals surface area (Å²) in [5.41, 5.74) is 3.68. The summed E-state index contributed by atoms with van der Waals surface area (Å²) in [5.74, 6) is 0.469. The molecule has 0 radical (unpaired) electrons. The zero-order chi connectivity index (χ0) is 15.6. The number of benzene rings is 1. The van der Waals surface area contributed by atoms with Gasteiger partial charge in [0.1, 0.15) is 5.01 Å². The highest BCUT2D eigenvalue weighted by atomic mass is 79.9. The molecule has 0 amide bonds. The molecule has 0 spiro atoms. The lowest BCUT2D eigenvalue weighted by atomic mass is 10.0. The number of nitrogens with one attached hydrogen (secondary N) is 1. The van der Waals surface area contributed by atoms with Crippen molar-refractivity contribution in [3.05, 3.63) is 49.9 Å². The highest BCUT2D eigenvalue weighted by Gasteiger charge is 2.21. The molecule has 0 saturated heterocycles. The number of nitrogens with zero attached hydrogens (tertiary/aromatic N) is 1. The number of hydrogen-bond donors (Lipinski definition) is 1. The third-order valence-corrected chi connectivity index (χ3v) is 4.96. The zero-order valence-corrected chi connectivity index (χ0v) is 15.7. The molecular weight excluding hydrogens is 344 g/mol. The van der Waals surface area contributed by atoms with Crippen LogP contribution in [0.3, 0.4) is 0 Å². The molecule has 1 unspecified atom stereocenters. The first-order valence-corrected chi connectivity index (χ1v) is 9.03. The Labute approximate surface area is 140 Å². The van der Waals surface area contributed by atoms with Crippen LogP contribution in [0.1, 0.15) is 61.5 Å². The largest absolute Gasteiger partial charge is 0.302 e. The molecule has 114 valence electrons. The fourth-order valence-corrected chi connectivity index (χ4v) is 3.97. The maximum absolute atomic E-state index is 4.84. The Morgan fingerprint density at radius 1 is 1.19 bits per heavy atom. The van der Waals surface area contributed by atoms with Crippen molar-refractivity contribution >= 4 is 27.3 Å². The summed E-state index contributed by atoms with van der Waals surface area (Å²) < 4.78 is 1.14. The van der Waals surface area contributed by atoms with Gasteiger partial charge in [0, 0.05) is 15.9 Å². The van der Waals surface area contributed by atoms with Gasteiger partial charge in [-0.1, -0.05) is 41.9 Å². The molecule has 2 nitrogen and oxygen atoms in total. The van der Waals surface area contributed by atoms with Gasteiger partial charge in [0.2, 0.25) is 0 Å². The molecule has 0 aliphatic heterocycles. The maximum Gasteiger partial charge on any atom is 0.114 e. The first-order valence-electron chi connectivity index (χ1n) is 7.36. The van der Waals surface area contributed by atoms with Crippen molar-refractivity contribution < 1.29 is 0 Å². The highest BCUT2D eigenvalue weighted by molar-refractivity contribution is 9.10. The van der Waals surface area contributed by atoms with Crippen molar-refractivity contribution in [3.8, 4) is 0 Å². The molecule has 21 heavy (non-hydrogen) atoms. The fraction of sp³-hybridized carbons (Fsp3) is 0.471. The van der Waals surface area contributed by atoms with Crippen molar-refractivity contribution in [1.82, 2.24) is 10.3 Å². The number of aromatic nitrogens is 1. The fourth-order valence-electron chi connectivity index (χ4n) is 2.19. The van der Waals surface area contributed by atoms with Crippen LogP contribution in [0.25, 0.3) is 0 Å². The van der Waals surface area contributed by atoms with Crippen molar-refractivity contribution in [3.63, 3.8) is 0 Å². The minimum absolute atomic E-state index is 0.137. The second-order valence-corrected chi connectivity index (χ2v) is 7.79. The summed E-state index contributed by atoms with van der Waals surface area (Å²) in [5, 5.41) is 6.96. The van der Waals surface area contributed by atoms with Gasteiger partial charge in [-0.2, -0.15) is 0 Å². The monoisotopic (exact) mass is 366 g/mol. The zero-order valence-electron chi connectivity index (χ0n) is 13.3. The molecule has 0 aliphatic carbocycles. The lowest BCUT2D eigenvalue weighted by Crippen LogP contribution is -2.29. The van der Waals surface area contributed by atoms with Crippen molar-refractivity contribution in [1.29, 1.82) is 0 Å². The van der Waals surface area contributed by atoms with Gasteiger partial charge in [0.05, 0.1) is 11.7 Å². The van der Waals surface area contributed by atoms with E-state index in [0.717, 1.165) is 9.48 Å². The van der Waals surface area contributed by atoms with Gasteiger partial charge in [0.25, 0.3) is 0 Å². The van der Waals surface area contributed by atoms with Gasteiger partial charge < -0.3 is 5.32 Å². The van der Waals surface area contributed by atoms with Crippen LogP contribution in [-0.4, -0.2) is 11.0 Å². The van der Waals surface area contributed by atoms with Gasteiger partial charge >= 0.3 is 0 Å². The minimum Gasteiger partial charge on any atom is -0.302 e. The standard InChI is InChI=1S/C17H23BrN2S/c1-10(2)15-9-21-17(20-15)16(19-11(3)4)13-7-6-12(5)8-14(13)18/h6-11,16,19H,1-5H3. The van der Waals surface area contributed by atoms with Crippen LogP contribution in [0.5, 0.6) is 0 Å². The first kappa shape index (κ1) is 16.7. The van der Waals surface area contributed by atoms with E-state index < -0.39 is 0 Å². The smallest absolute Gasteiger partial charge is 0.114 e. The van der Waals surface area contributed by atoms with E-state index in [9.17, 15) is 0 Å². The van der Waals surface area contributed by atoms with E-state index in [-0.39, 0.29) is 6.04 Å². The van der Waals surface area contributed by atoms with E-state index in [0.29, 0.717) is 12.0 Å². The summed E-state index contributed by atoms with van der Waals surface area (Å²) in [6.45, 7) is 10.8. The van der Waals surface area contributed by atoms with Crippen molar-refractivity contribution in [2.45, 2.75) is 52.6 Å². The highest BCUT2D eigenvalue weighted by Crippen LogP contribution is 2.32. The second-order valence-electron chi connectivity index (χ2n) is 6.04. The van der Waals surface area contributed by atoms with Crippen LogP contribution in [-0.2, 0) is 0 Å². The molecule has 1 aromatic heterocycles. The topological polar surface area (TPSA) is 24.9 Å². The Balaban J connectivity index is 2.41. The second kappa shape index (κ2) is 7.03. The first-order chi connectivity index (χ1) is 9.88. The van der Waals surface area contributed by atoms with Gasteiger partial charge in [-0.05, 0) is 43.9 Å². The van der Waals surface area contributed by atoms with Gasteiger partial charge in [-0.25, -0.2) is 4.98 Å². The third kappa shape index (κ3) is 4.15. The van der Waals surface area contributed by atoms with Crippen LogP contribution in [0.2, 0.25) is 0 Å². The van der Waals surface area contributed by atoms with Crippen molar-refractivity contribution in [2.75, 3.05) is 0 Å². The van der Waals surface area contributed by atoms with E-state index in [1.165, 1.54) is 16.8 Å². The molecule has 4 heteroatoms. The third-order valence-electron chi connectivity index (χ3n) is 3.35. The number of aryl methyl sites for hydroxylation is 1. The minimum atomic E-state index is 0.137. The van der Waals surface area contributed by atoms with Crippen LogP contribution >= 0.6 is 27.3 Å². The van der Waals surface area contributed by atoms with Crippen LogP contribution in [0.4, 0.5) is 0 Å². The number of halogens is 1. The molecular formula is C17H23BrN2S. The molecule has 0 fully saturated rings. The van der Waals surface area contributed by atoms with E-state index in [1.807, 2.05) is 0 Å². The summed E-state index contributed by atoms with van der Waals surface area (Å²) in [7, 11) is 0. The van der Waals surface area contributed by atoms with Crippen molar-refractivity contribution in [2.24, 2.45) is 0 Å². The Hall–Kier alpha value is -0.710. The molecule has 1 N–H and O–H groups in total. The Bertz CT molecular complexity index is 605. The lowest BCUT2D eigenvalue weighted by molar-refractivity contribution is 0.524. The summed E-state index contributed by atoms with van der Waals surface area (Å²) in [6.07, 6.45) is 0. The molecule has 2 aromatic rings. The quantitative estimate of drug-likeness (QED) is 0.763. The molecule has 1 aromatic carbocycles. The van der Waals surface area contributed by atoms with Gasteiger partial charge in [0.15, 0.2) is 0 Å². The normalized spacial score (nSPS) is 13.1. The van der Waals surface area contributed by atoms with E-state index in [1.54, 1.807) is 11.3 Å². The van der Waals surface area contributed by atoms with E-state index in [4.69, 9.17) is 4.98 Å². The summed E-state index contributed by atoms with van der Waals surface area (Å²) in [4.78, 5) is 4.84. The Kier molecular flexibility index (Phi) is 5.58. The molecule has 1 atom stereocenters. The number of rotatable bonds is 5. The molecule has 1 heterocycles. The maximum atomic E-state index is 4.84. The lowest BCUT2D eigenvalue weighted by Gasteiger charge is -2.21. The Morgan fingerprint density at radius 3 is 2.43 bits per heavy atom. The predicted octanol–water partition coefficient (Wildman–Crippen LogP) is 5.42. The average molecular weight is 367 g/mol. The molecule has 0 saturated carbocycles. The van der Waals surface area contributed by atoms with Crippen LogP contribution in [0, 0.1) is 6.92 Å². The van der Waals surface area contributed by atoms with Gasteiger partial charge in [-0.15, -0.1) is 11.3 Å². The van der Waals surface area contributed by atoms with Crippen LogP contribution < -0.4 is 5.32 Å². The summed E-state index contributed by atoms with van der Waals surface area (Å²) in [6, 6.07) is 7.05. The van der Waals surface area contributed by atoms with Crippen LogP contribution in [0.15, 0.2) is 28.1 Å². The Morgan fingerprint density at radius 2 is 1.90 bits per heavy atom. The van der Waals surface area contributed by atoms with E-state index in [2.05, 4.69) is 79.4 Å². The number of thiazole rings is 1. The van der Waals surface area contributed by atoms with Gasteiger partial charge in [-0.3, -0.25) is 0 Å². The predicted molar refractivity (Wildman–Crippen MR) is 95.2 cm³/mol. The molecule has 0 aliphatic rings. The number of hydrogen-bond acceptors (Lipinski definition) is 3. The molecule has 0 bridgehead atoms. The van der Waals surface area contributed by atoms with E-state index >= 15 is 0 Å². The SMILES string of the molecule is Cc1ccc(C(NC(C)C)c2nc(C(C)C)cs2)c(Br)c1.